The molecule has 1 saturated heterocycles. The molecule has 3 heterocycles. The molecular formula is C22H25N3O4. The van der Waals surface area contributed by atoms with E-state index in [0.717, 1.165) is 35.2 Å². The van der Waals surface area contributed by atoms with Crippen molar-refractivity contribution in [2.24, 2.45) is 0 Å². The Balaban J connectivity index is 1.47. The normalized spacial score (nSPS) is 18.6. The van der Waals surface area contributed by atoms with Crippen LogP contribution >= 0.6 is 0 Å². The van der Waals surface area contributed by atoms with Crippen LogP contribution in [0.1, 0.15) is 25.3 Å². The van der Waals surface area contributed by atoms with Crippen LogP contribution in [0.3, 0.4) is 0 Å². The highest BCUT2D eigenvalue weighted by Crippen LogP contribution is 2.32. The number of ether oxygens (including phenoxy) is 2. The number of benzene rings is 1. The molecule has 7 heteroatoms. The Hall–Kier alpha value is -3.09. The summed E-state index contributed by atoms with van der Waals surface area (Å²) >= 11 is 0. The summed E-state index contributed by atoms with van der Waals surface area (Å²) in [6.45, 7) is 3.32. The largest absolute Gasteiger partial charge is 0.487 e. The number of carbonyl (C=O) groups is 2. The average Bonchev–Trinajstić information content (AvgIpc) is 3.19. The number of aromatic nitrogens is 1. The van der Waals surface area contributed by atoms with Gasteiger partial charge < -0.3 is 19.3 Å². The molecule has 1 fully saturated rings. The number of amides is 2. The number of aryl methyl sites for hydroxylation is 1. The zero-order chi connectivity index (χ0) is 20.4. The van der Waals surface area contributed by atoms with Crippen molar-refractivity contribution in [1.82, 2.24) is 9.88 Å². The third-order valence-electron chi connectivity index (χ3n) is 5.44. The van der Waals surface area contributed by atoms with Crippen molar-refractivity contribution in [3.8, 4) is 16.9 Å². The molecule has 29 heavy (non-hydrogen) atoms. The molecule has 0 radical (unpaired) electrons. The van der Waals surface area contributed by atoms with Gasteiger partial charge in [0, 0.05) is 43.9 Å². The van der Waals surface area contributed by atoms with Gasteiger partial charge in [0.25, 0.3) is 0 Å². The van der Waals surface area contributed by atoms with E-state index in [0.29, 0.717) is 31.9 Å². The zero-order valence-electron chi connectivity index (χ0n) is 16.8. The molecule has 0 bridgehead atoms. The van der Waals surface area contributed by atoms with Crippen molar-refractivity contribution < 1.29 is 19.1 Å². The van der Waals surface area contributed by atoms with Crippen LogP contribution in [-0.2, 0) is 16.0 Å². The van der Waals surface area contributed by atoms with Gasteiger partial charge in [-0.05, 0) is 42.7 Å². The summed E-state index contributed by atoms with van der Waals surface area (Å²) in [4.78, 5) is 31.5. The second kappa shape index (κ2) is 8.11. The Morgan fingerprint density at radius 2 is 2.07 bits per heavy atom. The highest BCUT2D eigenvalue weighted by molar-refractivity contribution is 5.96. The summed E-state index contributed by atoms with van der Waals surface area (Å²) in [5, 5.41) is 0. The number of nitrogens with zero attached hydrogens (tertiary/aromatic N) is 3. The van der Waals surface area contributed by atoms with Crippen LogP contribution in [0.15, 0.2) is 36.7 Å². The third-order valence-corrected chi connectivity index (χ3v) is 5.44. The van der Waals surface area contributed by atoms with Crippen molar-refractivity contribution in [2.75, 3.05) is 31.6 Å². The van der Waals surface area contributed by atoms with E-state index in [1.807, 2.05) is 31.4 Å². The fourth-order valence-electron chi connectivity index (χ4n) is 3.87. The predicted molar refractivity (Wildman–Crippen MR) is 109 cm³/mol. The molecule has 0 spiro atoms. The first-order chi connectivity index (χ1) is 14.0. The minimum atomic E-state index is -0.289. The smallest absolute Gasteiger partial charge is 0.409 e. The van der Waals surface area contributed by atoms with Gasteiger partial charge in [-0.25, -0.2) is 4.79 Å². The Kier molecular flexibility index (Phi) is 5.38. The van der Waals surface area contributed by atoms with E-state index in [2.05, 4.69) is 11.1 Å². The Morgan fingerprint density at radius 1 is 1.21 bits per heavy atom. The second-order valence-electron chi connectivity index (χ2n) is 7.38. The number of anilines is 1. The molecule has 7 nitrogen and oxygen atoms in total. The van der Waals surface area contributed by atoms with E-state index >= 15 is 0 Å². The molecule has 2 aliphatic heterocycles. The van der Waals surface area contributed by atoms with Gasteiger partial charge >= 0.3 is 6.09 Å². The lowest BCUT2D eigenvalue weighted by atomic mass is 9.97. The number of hydrogen-bond donors (Lipinski definition) is 0. The quantitative estimate of drug-likeness (QED) is 0.795. The second-order valence-corrected chi connectivity index (χ2v) is 7.38. The van der Waals surface area contributed by atoms with Gasteiger partial charge in [-0.15, -0.1) is 0 Å². The van der Waals surface area contributed by atoms with Gasteiger partial charge in [-0.2, -0.15) is 0 Å². The van der Waals surface area contributed by atoms with Crippen molar-refractivity contribution in [1.29, 1.82) is 0 Å². The van der Waals surface area contributed by atoms with Crippen LogP contribution < -0.4 is 9.64 Å². The van der Waals surface area contributed by atoms with E-state index in [-0.39, 0.29) is 18.1 Å². The summed E-state index contributed by atoms with van der Waals surface area (Å²) in [7, 11) is 1.82. The summed E-state index contributed by atoms with van der Waals surface area (Å²) in [5.74, 6) is 0.832. The van der Waals surface area contributed by atoms with Gasteiger partial charge in [-0.3, -0.25) is 9.78 Å². The average molecular weight is 395 g/mol. The minimum absolute atomic E-state index is 0.0698. The van der Waals surface area contributed by atoms with Crippen LogP contribution in [0.4, 0.5) is 10.5 Å². The van der Waals surface area contributed by atoms with Gasteiger partial charge in [0.1, 0.15) is 11.9 Å². The number of likely N-dealkylation sites (tertiary alicyclic amines) is 1. The zero-order valence-corrected chi connectivity index (χ0v) is 16.8. The van der Waals surface area contributed by atoms with E-state index in [1.54, 1.807) is 22.9 Å². The maximum atomic E-state index is 11.9. The Morgan fingerprint density at radius 3 is 2.90 bits per heavy atom. The first-order valence-corrected chi connectivity index (χ1v) is 9.98. The molecule has 1 unspecified atom stereocenters. The molecular weight excluding hydrogens is 370 g/mol. The fraction of sp³-hybridized carbons (Fsp3) is 0.409. The van der Waals surface area contributed by atoms with Crippen LogP contribution in [0, 0.1) is 0 Å². The minimum Gasteiger partial charge on any atom is -0.487 e. The lowest BCUT2D eigenvalue weighted by Gasteiger charge is -2.26. The summed E-state index contributed by atoms with van der Waals surface area (Å²) < 4.78 is 11.1. The van der Waals surface area contributed by atoms with E-state index in [9.17, 15) is 9.59 Å². The van der Waals surface area contributed by atoms with E-state index in [1.165, 1.54) is 0 Å². The monoisotopic (exact) mass is 395 g/mol. The van der Waals surface area contributed by atoms with E-state index < -0.39 is 0 Å². The molecule has 2 aromatic rings. The van der Waals surface area contributed by atoms with Crippen LogP contribution in [0.2, 0.25) is 0 Å². The van der Waals surface area contributed by atoms with Crippen LogP contribution in [0.25, 0.3) is 11.1 Å². The first kappa shape index (κ1) is 19.2. The molecule has 2 aliphatic rings. The molecule has 0 aliphatic carbocycles. The molecule has 1 aromatic heterocycles. The highest BCUT2D eigenvalue weighted by atomic mass is 16.6. The van der Waals surface area contributed by atoms with Crippen molar-refractivity contribution in [3.63, 3.8) is 0 Å². The topological polar surface area (TPSA) is 72.0 Å². The number of rotatable bonds is 4. The summed E-state index contributed by atoms with van der Waals surface area (Å²) in [6, 6.07) is 8.09. The van der Waals surface area contributed by atoms with Crippen molar-refractivity contribution in [3.05, 3.63) is 42.2 Å². The van der Waals surface area contributed by atoms with Gasteiger partial charge in [0.15, 0.2) is 0 Å². The highest BCUT2D eigenvalue weighted by Gasteiger charge is 2.28. The molecule has 2 amide bonds. The number of carbonyl (C=O) groups excluding carboxylic acids is 2. The van der Waals surface area contributed by atoms with Crippen molar-refractivity contribution >= 4 is 17.7 Å². The molecule has 4 rings (SSSR count). The number of pyridine rings is 1. The lowest BCUT2D eigenvalue weighted by Crippen LogP contribution is -2.31. The standard InChI is InChI=1S/C22H25N3O4/c1-3-28-22(27)25-9-8-18(14-25)29-19-11-17(12-23-13-19)15-4-6-20-16(10-15)5-7-21(26)24(20)2/h4,6,10-13,18H,3,5,7-9,14H2,1-2H3. The van der Waals surface area contributed by atoms with Gasteiger partial charge in [0.2, 0.25) is 5.91 Å². The maximum absolute atomic E-state index is 11.9. The number of hydrogen-bond acceptors (Lipinski definition) is 5. The fourth-order valence-corrected chi connectivity index (χ4v) is 3.87. The molecule has 152 valence electrons. The SMILES string of the molecule is CCOC(=O)N1CCC(Oc2cncc(-c3ccc4c(c3)CCC(=O)N4C)c2)C1. The predicted octanol–water partition coefficient (Wildman–Crippen LogP) is 3.27. The Labute approximate surface area is 170 Å². The van der Waals surface area contributed by atoms with Crippen LogP contribution in [-0.4, -0.2) is 54.7 Å². The maximum Gasteiger partial charge on any atom is 0.409 e. The summed E-state index contributed by atoms with van der Waals surface area (Å²) in [5.41, 5.74) is 4.14. The Bertz CT molecular complexity index is 930. The lowest BCUT2D eigenvalue weighted by molar-refractivity contribution is -0.118. The van der Waals surface area contributed by atoms with Gasteiger partial charge in [0.05, 0.1) is 19.3 Å². The summed E-state index contributed by atoms with van der Waals surface area (Å²) in [6.07, 6.45) is 5.20. The third kappa shape index (κ3) is 4.04. The van der Waals surface area contributed by atoms with E-state index in [4.69, 9.17) is 9.47 Å². The molecule has 0 N–H and O–H groups in total. The molecule has 0 saturated carbocycles. The molecule has 1 aromatic carbocycles. The molecule has 1 atom stereocenters. The number of fused-ring (bicyclic) bond motifs is 1. The van der Waals surface area contributed by atoms with Crippen LogP contribution in [0.5, 0.6) is 5.75 Å². The van der Waals surface area contributed by atoms with Crippen molar-refractivity contribution in [2.45, 2.75) is 32.3 Å². The first-order valence-electron chi connectivity index (χ1n) is 9.98. The van der Waals surface area contributed by atoms with Gasteiger partial charge in [-0.1, -0.05) is 6.07 Å².